The smallest absolute Gasteiger partial charge is 0.405 e. The molecule has 1 atom stereocenters. The second-order valence-corrected chi connectivity index (χ2v) is 9.63. The van der Waals surface area contributed by atoms with Crippen LogP contribution >= 0.6 is 11.6 Å². The molecule has 1 fully saturated rings. The van der Waals surface area contributed by atoms with Crippen molar-refractivity contribution in [2.45, 2.75) is 31.6 Å². The normalized spacial score (nSPS) is 16.7. The third-order valence-electron chi connectivity index (χ3n) is 5.04. The van der Waals surface area contributed by atoms with E-state index in [2.05, 4.69) is 10.3 Å². The Labute approximate surface area is 185 Å². The van der Waals surface area contributed by atoms with E-state index in [1.54, 1.807) is 12.1 Å². The lowest BCUT2D eigenvalue weighted by molar-refractivity contribution is 0.0101. The minimum absolute atomic E-state index is 0.139. The fourth-order valence-electron chi connectivity index (χ4n) is 3.41. The van der Waals surface area contributed by atoms with Gasteiger partial charge in [0.05, 0.1) is 24.5 Å². The highest BCUT2D eigenvalue weighted by molar-refractivity contribution is 7.89. The average Bonchev–Trinajstić information content (AvgIpc) is 2.74. The molecule has 8 nitrogen and oxygen atoms in total. The van der Waals surface area contributed by atoms with Gasteiger partial charge >= 0.3 is 6.09 Å². The second-order valence-electron chi connectivity index (χ2n) is 7.21. The quantitative estimate of drug-likeness (QED) is 0.612. The average molecular weight is 472 g/mol. The van der Waals surface area contributed by atoms with Gasteiger partial charge in [0.1, 0.15) is 5.82 Å². The number of pyridine rings is 1. The molecule has 3 rings (SSSR count). The number of ether oxygens (including phenoxy) is 1. The van der Waals surface area contributed by atoms with Crippen LogP contribution in [0.3, 0.4) is 0 Å². The van der Waals surface area contributed by atoms with Crippen LogP contribution in [0.4, 0.5) is 9.18 Å². The molecule has 1 saturated heterocycles. The number of nitrogens with one attached hydrogen (secondary N) is 1. The van der Waals surface area contributed by atoms with E-state index in [1.165, 1.54) is 34.9 Å². The molecule has 1 aromatic carbocycles. The Morgan fingerprint density at radius 3 is 2.74 bits per heavy atom. The van der Waals surface area contributed by atoms with Crippen molar-refractivity contribution in [2.24, 2.45) is 0 Å². The fourth-order valence-corrected chi connectivity index (χ4v) is 5.25. The van der Waals surface area contributed by atoms with E-state index in [0.717, 1.165) is 0 Å². The van der Waals surface area contributed by atoms with Crippen LogP contribution in [0, 0.1) is 5.82 Å². The van der Waals surface area contributed by atoms with E-state index in [1.807, 2.05) is 0 Å². The summed E-state index contributed by atoms with van der Waals surface area (Å²) >= 11 is 6.05. The summed E-state index contributed by atoms with van der Waals surface area (Å²) in [6.07, 6.45) is 2.40. The molecule has 1 unspecified atom stereocenters. The van der Waals surface area contributed by atoms with Gasteiger partial charge in [-0.1, -0.05) is 17.7 Å². The molecule has 2 N–H and O–H groups in total. The molecule has 0 saturated carbocycles. The van der Waals surface area contributed by atoms with E-state index < -0.39 is 33.7 Å². The SMILES string of the molecule is O=C(O)NC(CS(=O)(=O)N1CCC(OCc2cc(F)ccc2Cl)CC1)c1cccnc1. The summed E-state index contributed by atoms with van der Waals surface area (Å²) in [6, 6.07) is 6.37. The van der Waals surface area contributed by atoms with Gasteiger partial charge in [0.25, 0.3) is 0 Å². The first-order valence-electron chi connectivity index (χ1n) is 9.67. The van der Waals surface area contributed by atoms with E-state index >= 15 is 0 Å². The summed E-state index contributed by atoms with van der Waals surface area (Å²) in [5.41, 5.74) is 1.01. The lowest BCUT2D eigenvalue weighted by atomic mass is 10.1. The molecule has 0 radical (unpaired) electrons. The number of carbonyl (C=O) groups is 1. The van der Waals surface area contributed by atoms with Gasteiger partial charge in [0.15, 0.2) is 0 Å². The number of halogens is 2. The molecule has 31 heavy (non-hydrogen) atoms. The standard InChI is InChI=1S/C20H23ClFN3O5S/c21-18-4-3-16(22)10-15(18)12-30-17-5-8-25(9-6-17)31(28,29)13-19(24-20(26)27)14-2-1-7-23-11-14/h1-4,7,10-11,17,19,24H,5-6,8-9,12-13H2,(H,26,27). The van der Waals surface area contributed by atoms with Gasteiger partial charge in [-0.05, 0) is 48.2 Å². The molecule has 1 aliphatic rings. The predicted molar refractivity (Wildman–Crippen MR) is 113 cm³/mol. The zero-order chi connectivity index (χ0) is 22.4. The van der Waals surface area contributed by atoms with Crippen LogP contribution in [0.5, 0.6) is 0 Å². The van der Waals surface area contributed by atoms with Crippen LogP contribution in [0.1, 0.15) is 30.0 Å². The largest absolute Gasteiger partial charge is 0.465 e. The summed E-state index contributed by atoms with van der Waals surface area (Å²) < 4.78 is 46.3. The topological polar surface area (TPSA) is 109 Å². The van der Waals surface area contributed by atoms with Crippen molar-refractivity contribution < 1.29 is 27.4 Å². The van der Waals surface area contributed by atoms with Crippen molar-refractivity contribution in [1.29, 1.82) is 0 Å². The first-order chi connectivity index (χ1) is 14.7. The molecule has 0 aliphatic carbocycles. The Bertz CT molecular complexity index is 1000. The number of benzene rings is 1. The minimum Gasteiger partial charge on any atom is -0.465 e. The Balaban J connectivity index is 1.57. The molecule has 1 aliphatic heterocycles. The molecule has 1 amide bonds. The molecule has 2 aromatic rings. The summed E-state index contributed by atoms with van der Waals surface area (Å²) in [6.45, 7) is 0.632. The molecule has 168 valence electrons. The Hall–Kier alpha value is -2.27. The fraction of sp³-hybridized carbons (Fsp3) is 0.400. The zero-order valence-corrected chi connectivity index (χ0v) is 18.2. The molecule has 0 spiro atoms. The van der Waals surface area contributed by atoms with E-state index in [4.69, 9.17) is 21.4 Å². The Kier molecular flexibility index (Phi) is 7.82. The van der Waals surface area contributed by atoms with Crippen LogP contribution in [0.15, 0.2) is 42.7 Å². The minimum atomic E-state index is -3.73. The third-order valence-corrected chi connectivity index (χ3v) is 7.31. The highest BCUT2D eigenvalue weighted by atomic mass is 35.5. The van der Waals surface area contributed by atoms with Crippen LogP contribution in [0.25, 0.3) is 0 Å². The lowest BCUT2D eigenvalue weighted by Crippen LogP contribution is -2.44. The van der Waals surface area contributed by atoms with Gasteiger partial charge in [0, 0.05) is 30.5 Å². The first-order valence-corrected chi connectivity index (χ1v) is 11.7. The van der Waals surface area contributed by atoms with Gasteiger partial charge in [-0.15, -0.1) is 0 Å². The van der Waals surface area contributed by atoms with Crippen molar-refractivity contribution in [3.8, 4) is 0 Å². The number of sulfonamides is 1. The second kappa shape index (κ2) is 10.4. The van der Waals surface area contributed by atoms with Crippen molar-refractivity contribution in [1.82, 2.24) is 14.6 Å². The number of amides is 1. The highest BCUT2D eigenvalue weighted by Gasteiger charge is 2.32. The van der Waals surface area contributed by atoms with Crippen molar-refractivity contribution >= 4 is 27.7 Å². The monoisotopic (exact) mass is 471 g/mol. The summed E-state index contributed by atoms with van der Waals surface area (Å²) in [4.78, 5) is 15.1. The summed E-state index contributed by atoms with van der Waals surface area (Å²) in [7, 11) is -3.73. The predicted octanol–water partition coefficient (Wildman–Crippen LogP) is 3.19. The highest BCUT2D eigenvalue weighted by Crippen LogP contribution is 2.24. The first kappa shape index (κ1) is 23.4. The van der Waals surface area contributed by atoms with Crippen molar-refractivity contribution in [2.75, 3.05) is 18.8 Å². The maximum atomic E-state index is 13.4. The van der Waals surface area contributed by atoms with Crippen LogP contribution in [-0.4, -0.2) is 53.9 Å². The molecular weight excluding hydrogens is 449 g/mol. The summed E-state index contributed by atoms with van der Waals surface area (Å²) in [5.74, 6) is -0.808. The van der Waals surface area contributed by atoms with E-state index in [0.29, 0.717) is 29.0 Å². The number of piperidine rings is 1. The zero-order valence-electron chi connectivity index (χ0n) is 16.6. The van der Waals surface area contributed by atoms with Gasteiger partial charge < -0.3 is 15.2 Å². The van der Waals surface area contributed by atoms with Gasteiger partial charge in [-0.3, -0.25) is 4.98 Å². The number of nitrogens with zero attached hydrogens (tertiary/aromatic N) is 2. The molecule has 0 bridgehead atoms. The molecule has 11 heteroatoms. The number of carboxylic acid groups (broad SMARTS) is 1. The molecule has 2 heterocycles. The van der Waals surface area contributed by atoms with Gasteiger partial charge in [0.2, 0.25) is 10.0 Å². The maximum Gasteiger partial charge on any atom is 0.405 e. The Morgan fingerprint density at radius 1 is 1.35 bits per heavy atom. The third kappa shape index (κ3) is 6.60. The Morgan fingerprint density at radius 2 is 2.10 bits per heavy atom. The molecular formula is C20H23ClFN3O5S. The van der Waals surface area contributed by atoms with E-state index in [-0.39, 0.29) is 25.8 Å². The van der Waals surface area contributed by atoms with Crippen LogP contribution in [-0.2, 0) is 21.4 Å². The summed E-state index contributed by atoms with van der Waals surface area (Å²) in [5, 5.41) is 11.7. The van der Waals surface area contributed by atoms with Gasteiger partial charge in [-0.25, -0.2) is 21.9 Å². The van der Waals surface area contributed by atoms with Crippen LogP contribution < -0.4 is 5.32 Å². The van der Waals surface area contributed by atoms with Crippen molar-refractivity contribution in [3.05, 3.63) is 64.7 Å². The number of hydrogen-bond donors (Lipinski definition) is 2. The van der Waals surface area contributed by atoms with E-state index in [9.17, 15) is 17.6 Å². The maximum absolute atomic E-state index is 13.4. The number of hydrogen-bond acceptors (Lipinski definition) is 5. The van der Waals surface area contributed by atoms with Gasteiger partial charge in [-0.2, -0.15) is 0 Å². The molecule has 1 aromatic heterocycles. The lowest BCUT2D eigenvalue weighted by Gasteiger charge is -2.32. The van der Waals surface area contributed by atoms with Crippen molar-refractivity contribution in [3.63, 3.8) is 0 Å². The number of aromatic nitrogens is 1. The number of rotatable bonds is 8. The van der Waals surface area contributed by atoms with Crippen LogP contribution in [0.2, 0.25) is 5.02 Å².